The van der Waals surface area contributed by atoms with E-state index in [2.05, 4.69) is 13.8 Å². The largest absolute Gasteiger partial charge is 0.472 e. The Balaban J connectivity index is 1.62. The summed E-state index contributed by atoms with van der Waals surface area (Å²) in [4.78, 5) is 39.0. The lowest BCUT2D eigenvalue weighted by Crippen LogP contribution is -2.75. The molecule has 2 heterocycles. The van der Waals surface area contributed by atoms with Gasteiger partial charge in [-0.2, -0.15) is 0 Å². The monoisotopic (exact) mass is 472 g/mol. The predicted molar refractivity (Wildman–Crippen MR) is 121 cm³/mol. The zero-order chi connectivity index (χ0) is 24.6. The number of Topliss-reactive ketones (excluding diaryl/α,β-unsaturated/α-hetero) is 1. The molecule has 0 spiro atoms. The van der Waals surface area contributed by atoms with Gasteiger partial charge in [-0.1, -0.05) is 27.7 Å². The summed E-state index contributed by atoms with van der Waals surface area (Å²) in [5.74, 6) is -0.937. The highest BCUT2D eigenvalue weighted by atomic mass is 16.6. The maximum absolute atomic E-state index is 13.7. The summed E-state index contributed by atoms with van der Waals surface area (Å²) in [6.45, 7) is 8.31. The van der Waals surface area contributed by atoms with E-state index in [9.17, 15) is 19.5 Å². The Bertz CT molecular complexity index is 1000. The van der Waals surface area contributed by atoms with Crippen LogP contribution in [0, 0.1) is 46.3 Å². The Hall–Kier alpha value is -2.15. The normalized spacial score (nSPS) is 47.4. The number of hydrogen-bond acceptors (Lipinski definition) is 7. The van der Waals surface area contributed by atoms with E-state index in [4.69, 9.17) is 13.9 Å². The first-order chi connectivity index (χ1) is 16.0. The van der Waals surface area contributed by atoms with Crippen LogP contribution in [0.1, 0.15) is 70.2 Å². The number of esters is 2. The fraction of sp³-hybridized carbons (Fsp3) is 0.741. The van der Waals surface area contributed by atoms with Crippen molar-refractivity contribution in [3.05, 3.63) is 24.2 Å². The first-order valence-electron chi connectivity index (χ1n) is 12.5. The zero-order valence-electron chi connectivity index (χ0n) is 20.7. The minimum Gasteiger partial charge on any atom is -0.472 e. The van der Waals surface area contributed by atoms with Crippen LogP contribution >= 0.6 is 0 Å². The van der Waals surface area contributed by atoms with Crippen LogP contribution in [0.15, 0.2) is 23.0 Å². The summed E-state index contributed by atoms with van der Waals surface area (Å²) in [5, 5.41) is 12.2. The number of methoxy groups -OCH3 is 1. The summed E-state index contributed by atoms with van der Waals surface area (Å²) in [7, 11) is 1.42. The van der Waals surface area contributed by atoms with Crippen LogP contribution in [0.2, 0.25) is 0 Å². The lowest BCUT2D eigenvalue weighted by atomic mass is 9.36. The molecule has 4 aliphatic rings. The maximum atomic E-state index is 13.7. The van der Waals surface area contributed by atoms with Crippen molar-refractivity contribution < 1.29 is 33.4 Å². The van der Waals surface area contributed by atoms with Crippen LogP contribution in [0.5, 0.6) is 0 Å². The molecule has 186 valence electrons. The number of aliphatic hydroxyl groups is 1. The van der Waals surface area contributed by atoms with Gasteiger partial charge in [-0.05, 0) is 60.3 Å². The van der Waals surface area contributed by atoms with Crippen molar-refractivity contribution >= 4 is 17.7 Å². The second-order valence-electron chi connectivity index (χ2n) is 11.8. The molecule has 1 N–H and O–H groups in total. The standard InChI is InChI=1S/C27H36O7/c1-14-12-27(31)15(2)26(4,18(14)10-20(28)32-5)17-6-8-25(3,23(30)16-7-9-33-13-16)19-11-21(29)34-24(27)22(17)19/h7,9,13-15,17-19,22,24,31H,6,8,10-12H2,1-5H3/t14?,15?,17?,18-,19?,22?,24?,25+,26+,27+/m0/s1. The van der Waals surface area contributed by atoms with Gasteiger partial charge < -0.3 is 19.0 Å². The van der Waals surface area contributed by atoms with Crippen molar-refractivity contribution in [2.75, 3.05) is 7.11 Å². The Labute approximate surface area is 200 Å². The SMILES string of the molecule is COC(=O)C[C@H]1C(C)C[C@]2(O)C3OC(=O)CC4C3C(CC[C@@]4(C)C(=O)c3ccoc3)[C@@]1(C)C2C. The summed E-state index contributed by atoms with van der Waals surface area (Å²) in [6, 6.07) is 1.68. The molecule has 1 saturated heterocycles. The molecule has 0 radical (unpaired) electrons. The van der Waals surface area contributed by atoms with E-state index in [1.807, 2.05) is 13.8 Å². The second kappa shape index (κ2) is 7.67. The fourth-order valence-corrected chi connectivity index (χ4v) is 8.89. The van der Waals surface area contributed by atoms with E-state index in [1.54, 1.807) is 6.07 Å². The molecule has 3 saturated carbocycles. The molecule has 1 aliphatic heterocycles. The lowest BCUT2D eigenvalue weighted by molar-refractivity contribution is -0.306. The summed E-state index contributed by atoms with van der Waals surface area (Å²) in [5.41, 5.74) is -1.80. The molecule has 1 aromatic heterocycles. The Kier molecular flexibility index (Phi) is 5.32. The van der Waals surface area contributed by atoms with Gasteiger partial charge in [0.15, 0.2) is 5.78 Å². The lowest BCUT2D eigenvalue weighted by Gasteiger charge is -2.71. The number of carbonyl (C=O) groups is 3. The Morgan fingerprint density at radius 1 is 1.24 bits per heavy atom. The van der Waals surface area contributed by atoms with Gasteiger partial charge in [0.2, 0.25) is 0 Å². The van der Waals surface area contributed by atoms with Crippen LogP contribution in [-0.4, -0.2) is 41.6 Å². The summed E-state index contributed by atoms with van der Waals surface area (Å²) in [6.07, 6.45) is 4.65. The van der Waals surface area contributed by atoms with Crippen molar-refractivity contribution in [2.45, 2.75) is 71.5 Å². The van der Waals surface area contributed by atoms with Crippen LogP contribution in [-0.2, 0) is 19.1 Å². The number of hydrogen-bond donors (Lipinski definition) is 1. The highest BCUT2D eigenvalue weighted by Crippen LogP contribution is 2.70. The van der Waals surface area contributed by atoms with Gasteiger partial charge in [0, 0.05) is 24.2 Å². The maximum Gasteiger partial charge on any atom is 0.306 e. The smallest absolute Gasteiger partial charge is 0.306 e. The van der Waals surface area contributed by atoms with Gasteiger partial charge in [0.25, 0.3) is 0 Å². The Morgan fingerprint density at radius 3 is 2.62 bits per heavy atom. The van der Waals surface area contributed by atoms with Crippen molar-refractivity contribution in [3.63, 3.8) is 0 Å². The molecule has 7 heteroatoms. The fourth-order valence-electron chi connectivity index (χ4n) is 8.89. The molecule has 5 rings (SSSR count). The van der Waals surface area contributed by atoms with Gasteiger partial charge in [0.05, 0.1) is 18.9 Å². The molecular weight excluding hydrogens is 436 g/mol. The van der Waals surface area contributed by atoms with E-state index >= 15 is 0 Å². The van der Waals surface area contributed by atoms with Gasteiger partial charge in [0.1, 0.15) is 18.0 Å². The third kappa shape index (κ3) is 2.94. The molecule has 6 unspecified atom stereocenters. The van der Waals surface area contributed by atoms with Crippen molar-refractivity contribution in [1.82, 2.24) is 0 Å². The average Bonchev–Trinajstić information content (AvgIpc) is 3.34. The molecule has 3 aliphatic carbocycles. The molecule has 0 aromatic carbocycles. The average molecular weight is 473 g/mol. The van der Waals surface area contributed by atoms with Crippen LogP contribution < -0.4 is 0 Å². The minimum absolute atomic E-state index is 0.0152. The topological polar surface area (TPSA) is 103 Å². The summed E-state index contributed by atoms with van der Waals surface area (Å²) < 4.78 is 16.2. The quantitative estimate of drug-likeness (QED) is 0.521. The van der Waals surface area contributed by atoms with E-state index in [-0.39, 0.29) is 65.1 Å². The molecule has 7 nitrogen and oxygen atoms in total. The number of rotatable bonds is 4. The van der Waals surface area contributed by atoms with Crippen molar-refractivity contribution in [1.29, 1.82) is 0 Å². The third-order valence-electron chi connectivity index (χ3n) is 10.7. The van der Waals surface area contributed by atoms with Crippen LogP contribution in [0.4, 0.5) is 0 Å². The number of carbonyl (C=O) groups excluding carboxylic acids is 3. The van der Waals surface area contributed by atoms with E-state index < -0.39 is 17.1 Å². The predicted octanol–water partition coefficient (Wildman–Crippen LogP) is 4.03. The molecule has 10 atom stereocenters. The molecular formula is C27H36O7. The van der Waals surface area contributed by atoms with E-state index in [0.717, 1.165) is 6.42 Å². The van der Waals surface area contributed by atoms with Crippen molar-refractivity contribution in [2.24, 2.45) is 46.3 Å². The molecule has 2 bridgehead atoms. The molecule has 4 fully saturated rings. The zero-order valence-corrected chi connectivity index (χ0v) is 20.7. The van der Waals surface area contributed by atoms with Crippen LogP contribution in [0.25, 0.3) is 0 Å². The van der Waals surface area contributed by atoms with E-state index in [1.165, 1.54) is 19.6 Å². The molecule has 0 amide bonds. The molecule has 1 aromatic rings. The highest BCUT2D eigenvalue weighted by molar-refractivity contribution is 6.00. The van der Waals surface area contributed by atoms with Gasteiger partial charge in [-0.15, -0.1) is 0 Å². The second-order valence-corrected chi connectivity index (χ2v) is 11.8. The van der Waals surface area contributed by atoms with Gasteiger partial charge in [-0.3, -0.25) is 14.4 Å². The van der Waals surface area contributed by atoms with Gasteiger partial charge in [-0.25, -0.2) is 0 Å². The first kappa shape index (κ1) is 23.6. The molecule has 34 heavy (non-hydrogen) atoms. The first-order valence-corrected chi connectivity index (χ1v) is 12.5. The third-order valence-corrected chi connectivity index (χ3v) is 10.7. The number of fused-ring (bicyclic) bond motifs is 4. The summed E-state index contributed by atoms with van der Waals surface area (Å²) >= 11 is 0. The van der Waals surface area contributed by atoms with Crippen molar-refractivity contribution in [3.8, 4) is 0 Å². The Morgan fingerprint density at radius 2 is 1.97 bits per heavy atom. The minimum atomic E-state index is -1.20. The van der Waals surface area contributed by atoms with Gasteiger partial charge >= 0.3 is 11.9 Å². The van der Waals surface area contributed by atoms with E-state index in [0.29, 0.717) is 24.8 Å². The number of ketones is 1. The highest BCUT2D eigenvalue weighted by Gasteiger charge is 2.73. The van der Waals surface area contributed by atoms with Crippen LogP contribution in [0.3, 0.4) is 0 Å². The number of furan rings is 1. The number of ether oxygens (including phenoxy) is 2.